The molecular weight excluding hydrogens is 322 g/mol. The van der Waals surface area contributed by atoms with Crippen molar-refractivity contribution in [1.29, 1.82) is 0 Å². The topological polar surface area (TPSA) is 68.5 Å². The van der Waals surface area contributed by atoms with E-state index >= 15 is 0 Å². The normalized spacial score (nSPS) is 10.5. The van der Waals surface area contributed by atoms with Gasteiger partial charge in [0.2, 0.25) is 0 Å². The zero-order valence-electron chi connectivity index (χ0n) is 12.5. The summed E-state index contributed by atoms with van der Waals surface area (Å²) in [4.78, 5) is 18.3. The molecule has 1 aromatic heterocycles. The highest BCUT2D eigenvalue weighted by Gasteiger charge is 2.17. The van der Waals surface area contributed by atoms with Crippen molar-refractivity contribution in [3.05, 3.63) is 44.9 Å². The first-order chi connectivity index (χ1) is 10.5. The third-order valence-electron chi connectivity index (χ3n) is 3.13. The lowest BCUT2D eigenvalue weighted by Gasteiger charge is -2.18. The van der Waals surface area contributed by atoms with E-state index in [4.69, 9.17) is 22.1 Å². The molecule has 22 heavy (non-hydrogen) atoms. The van der Waals surface area contributed by atoms with Crippen LogP contribution in [0.5, 0.6) is 5.75 Å². The first kappa shape index (κ1) is 16.7. The third kappa shape index (κ3) is 3.97. The Bertz CT molecular complexity index is 660. The summed E-state index contributed by atoms with van der Waals surface area (Å²) in [5.41, 5.74) is 6.79. The number of carbonyl (C=O) groups is 1. The molecule has 1 heterocycles. The van der Waals surface area contributed by atoms with Crippen LogP contribution in [0, 0.1) is 0 Å². The Kier molecular flexibility index (Phi) is 5.76. The third-order valence-corrected chi connectivity index (χ3v) is 4.27. The fourth-order valence-corrected chi connectivity index (χ4v) is 3.02. The maximum Gasteiger partial charge on any atom is 0.273 e. The Morgan fingerprint density at radius 3 is 2.95 bits per heavy atom. The minimum atomic E-state index is -0.137. The number of methoxy groups -OCH3 is 1. The van der Waals surface area contributed by atoms with Gasteiger partial charge in [-0.05, 0) is 24.7 Å². The Labute approximate surface area is 138 Å². The highest BCUT2D eigenvalue weighted by atomic mass is 35.5. The summed E-state index contributed by atoms with van der Waals surface area (Å²) in [6, 6.07) is 5.34. The lowest BCUT2D eigenvalue weighted by Crippen LogP contribution is -2.26. The van der Waals surface area contributed by atoms with Crippen LogP contribution >= 0.6 is 22.9 Å². The Morgan fingerprint density at radius 1 is 1.50 bits per heavy atom. The van der Waals surface area contributed by atoms with Crippen molar-refractivity contribution in [1.82, 2.24) is 9.88 Å². The van der Waals surface area contributed by atoms with Gasteiger partial charge in [-0.1, -0.05) is 11.6 Å². The molecule has 118 valence electrons. The molecule has 0 atom stereocenters. The van der Waals surface area contributed by atoms with Crippen LogP contribution in [0.1, 0.15) is 21.1 Å². The number of nitrogens with two attached hydrogens (primary N) is 1. The lowest BCUT2D eigenvalue weighted by molar-refractivity contribution is 0.0779. The van der Waals surface area contributed by atoms with Gasteiger partial charge in [-0.2, -0.15) is 0 Å². The van der Waals surface area contributed by atoms with Crippen LogP contribution in [0.4, 0.5) is 0 Å². The molecule has 0 saturated carbocycles. The van der Waals surface area contributed by atoms with Crippen molar-refractivity contribution in [2.75, 3.05) is 20.7 Å². The highest BCUT2D eigenvalue weighted by molar-refractivity contribution is 7.09. The Morgan fingerprint density at radius 2 is 2.27 bits per heavy atom. The van der Waals surface area contributed by atoms with Gasteiger partial charge in [-0.25, -0.2) is 4.98 Å². The number of hydrogen-bond acceptors (Lipinski definition) is 5. The van der Waals surface area contributed by atoms with Gasteiger partial charge in [0.05, 0.1) is 12.1 Å². The molecule has 2 N–H and O–H groups in total. The Balaban J connectivity index is 2.12. The summed E-state index contributed by atoms with van der Waals surface area (Å²) in [6.45, 7) is 0.920. The second kappa shape index (κ2) is 7.58. The number of benzene rings is 1. The number of nitrogens with zero attached hydrogens (tertiary/aromatic N) is 2. The molecule has 0 aliphatic heterocycles. The maximum absolute atomic E-state index is 12.4. The monoisotopic (exact) mass is 339 g/mol. The zero-order valence-corrected chi connectivity index (χ0v) is 14.1. The van der Waals surface area contributed by atoms with E-state index in [0.717, 1.165) is 10.6 Å². The van der Waals surface area contributed by atoms with Crippen LogP contribution in [0.15, 0.2) is 23.6 Å². The van der Waals surface area contributed by atoms with Crippen molar-refractivity contribution in [2.24, 2.45) is 5.73 Å². The van der Waals surface area contributed by atoms with E-state index in [1.165, 1.54) is 11.3 Å². The molecule has 0 bridgehead atoms. The number of carbonyl (C=O) groups excluding carboxylic acids is 1. The predicted molar refractivity (Wildman–Crippen MR) is 88.7 cm³/mol. The van der Waals surface area contributed by atoms with E-state index in [-0.39, 0.29) is 5.91 Å². The van der Waals surface area contributed by atoms with E-state index in [2.05, 4.69) is 4.98 Å². The number of ether oxygens (including phenoxy) is 1. The van der Waals surface area contributed by atoms with Gasteiger partial charge in [0.1, 0.15) is 11.4 Å². The predicted octanol–water partition coefficient (Wildman–Crippen LogP) is 2.58. The van der Waals surface area contributed by atoms with E-state index in [9.17, 15) is 4.79 Å². The summed E-state index contributed by atoms with van der Waals surface area (Å²) in [5.74, 6) is 0.563. The van der Waals surface area contributed by atoms with Crippen LogP contribution in [0.25, 0.3) is 0 Å². The molecule has 0 fully saturated rings. The van der Waals surface area contributed by atoms with Crippen LogP contribution in [-0.2, 0) is 13.0 Å². The second-order valence-corrected chi connectivity index (χ2v) is 6.16. The summed E-state index contributed by atoms with van der Waals surface area (Å²) in [7, 11) is 3.32. The molecule has 0 aliphatic rings. The first-order valence-corrected chi connectivity index (χ1v) is 8.03. The van der Waals surface area contributed by atoms with Gasteiger partial charge >= 0.3 is 0 Å². The average Bonchev–Trinajstić information content (AvgIpc) is 2.95. The smallest absolute Gasteiger partial charge is 0.273 e. The number of thiazole rings is 1. The van der Waals surface area contributed by atoms with E-state index in [1.54, 1.807) is 42.6 Å². The van der Waals surface area contributed by atoms with Crippen molar-refractivity contribution < 1.29 is 9.53 Å². The molecule has 1 aromatic carbocycles. The second-order valence-electron chi connectivity index (χ2n) is 4.78. The summed E-state index contributed by atoms with van der Waals surface area (Å²) in [6.07, 6.45) is 0.684. The molecular formula is C15H18ClN3O2S. The fraction of sp³-hybridized carbons (Fsp3) is 0.333. The minimum Gasteiger partial charge on any atom is -0.496 e. The molecule has 0 aliphatic carbocycles. The minimum absolute atomic E-state index is 0.137. The van der Waals surface area contributed by atoms with Crippen molar-refractivity contribution in [3.63, 3.8) is 0 Å². The molecule has 0 unspecified atom stereocenters. The van der Waals surface area contributed by atoms with Crippen molar-refractivity contribution >= 4 is 28.8 Å². The zero-order chi connectivity index (χ0) is 16.1. The number of halogens is 1. The van der Waals surface area contributed by atoms with Gasteiger partial charge in [-0.3, -0.25) is 4.79 Å². The molecule has 2 aromatic rings. The number of rotatable bonds is 6. The Hall–Kier alpha value is -1.63. The van der Waals surface area contributed by atoms with Crippen LogP contribution in [0.2, 0.25) is 5.02 Å². The van der Waals surface area contributed by atoms with E-state index < -0.39 is 0 Å². The maximum atomic E-state index is 12.4. The molecule has 1 amide bonds. The number of aromatic nitrogens is 1. The molecule has 0 spiro atoms. The quantitative estimate of drug-likeness (QED) is 0.878. The van der Waals surface area contributed by atoms with Crippen LogP contribution < -0.4 is 10.5 Å². The first-order valence-electron chi connectivity index (χ1n) is 6.77. The fourth-order valence-electron chi connectivity index (χ4n) is 2.04. The van der Waals surface area contributed by atoms with Gasteiger partial charge in [0, 0.05) is 36.0 Å². The molecule has 7 heteroatoms. The highest BCUT2D eigenvalue weighted by Crippen LogP contribution is 2.24. The average molecular weight is 340 g/mol. The standard InChI is InChI=1S/C15H18ClN3O2S/c1-19(8-10-7-11(16)3-4-13(10)21-2)15(20)12-9-22-14(18-12)5-6-17/h3-4,7,9H,5-6,8,17H2,1-2H3. The number of amides is 1. The number of hydrogen-bond donors (Lipinski definition) is 1. The van der Waals surface area contributed by atoms with Crippen LogP contribution in [0.3, 0.4) is 0 Å². The van der Waals surface area contributed by atoms with E-state index in [1.807, 2.05) is 0 Å². The van der Waals surface area contributed by atoms with E-state index in [0.29, 0.717) is 36.0 Å². The van der Waals surface area contributed by atoms with Crippen LogP contribution in [-0.4, -0.2) is 36.5 Å². The van der Waals surface area contributed by atoms with Gasteiger partial charge in [-0.15, -0.1) is 11.3 Å². The summed E-state index contributed by atoms with van der Waals surface area (Å²) < 4.78 is 5.30. The van der Waals surface area contributed by atoms with Crippen molar-refractivity contribution in [3.8, 4) is 5.75 Å². The SMILES string of the molecule is COc1ccc(Cl)cc1CN(C)C(=O)c1csc(CCN)n1. The molecule has 0 radical (unpaired) electrons. The van der Waals surface area contributed by atoms with Crippen molar-refractivity contribution in [2.45, 2.75) is 13.0 Å². The summed E-state index contributed by atoms with van der Waals surface area (Å²) >= 11 is 7.46. The summed E-state index contributed by atoms with van der Waals surface area (Å²) in [5, 5.41) is 3.24. The molecule has 2 rings (SSSR count). The van der Waals surface area contributed by atoms with Gasteiger partial charge in [0.15, 0.2) is 0 Å². The molecule has 5 nitrogen and oxygen atoms in total. The molecule has 0 saturated heterocycles. The van der Waals surface area contributed by atoms with Gasteiger partial charge < -0.3 is 15.4 Å². The van der Waals surface area contributed by atoms with Gasteiger partial charge in [0.25, 0.3) is 5.91 Å². The largest absolute Gasteiger partial charge is 0.496 e. The lowest BCUT2D eigenvalue weighted by atomic mass is 10.2.